The van der Waals surface area contributed by atoms with E-state index in [0.717, 1.165) is 18.5 Å². The summed E-state index contributed by atoms with van der Waals surface area (Å²) in [5.74, 6) is 0.664. The molecular formula is C21H22N6O. The van der Waals surface area contributed by atoms with E-state index in [9.17, 15) is 4.79 Å². The highest BCUT2D eigenvalue weighted by molar-refractivity contribution is 5.59. The summed E-state index contributed by atoms with van der Waals surface area (Å²) < 4.78 is 1.75. The Balaban J connectivity index is 1.37. The summed E-state index contributed by atoms with van der Waals surface area (Å²) in [7, 11) is 0. The fraction of sp³-hybridized carbons (Fsp3) is 0.333. The summed E-state index contributed by atoms with van der Waals surface area (Å²) in [6.07, 6.45) is 15.0. The third-order valence-electron chi connectivity index (χ3n) is 5.59. The molecule has 0 radical (unpaired) electrons. The molecule has 3 aromatic heterocycles. The van der Waals surface area contributed by atoms with Crippen LogP contribution in [-0.2, 0) is 0 Å². The number of piperidine rings is 2. The average Bonchev–Trinajstić information content (AvgIpc) is 3.23. The minimum atomic E-state index is -0.103. The molecule has 7 nitrogen and oxygen atoms in total. The summed E-state index contributed by atoms with van der Waals surface area (Å²) in [4.78, 5) is 19.6. The third kappa shape index (κ3) is 3.41. The van der Waals surface area contributed by atoms with Gasteiger partial charge >= 0.3 is 0 Å². The van der Waals surface area contributed by atoms with Crippen molar-refractivity contribution in [3.63, 3.8) is 0 Å². The fourth-order valence-electron chi connectivity index (χ4n) is 4.25. The maximum absolute atomic E-state index is 12.5. The van der Waals surface area contributed by atoms with Crippen LogP contribution in [-0.4, -0.2) is 36.8 Å². The second-order valence-corrected chi connectivity index (χ2v) is 7.61. The molecule has 2 bridgehead atoms. The average molecular weight is 374 g/mol. The number of aromatic nitrogens is 5. The van der Waals surface area contributed by atoms with Crippen LogP contribution >= 0.6 is 0 Å². The molecule has 0 unspecified atom stereocenters. The monoisotopic (exact) mass is 374 g/mol. The summed E-state index contributed by atoms with van der Waals surface area (Å²) in [5, 5.41) is 12.3. The van der Waals surface area contributed by atoms with Gasteiger partial charge in [0.15, 0.2) is 5.43 Å². The molecule has 0 aromatic carbocycles. The Bertz CT molecular complexity index is 1040. The minimum absolute atomic E-state index is 0.103. The lowest BCUT2D eigenvalue weighted by molar-refractivity contribution is 0.283. The van der Waals surface area contributed by atoms with Gasteiger partial charge in [-0.25, -0.2) is 4.98 Å². The Kier molecular flexibility index (Phi) is 4.37. The van der Waals surface area contributed by atoms with Gasteiger partial charge in [0.05, 0.1) is 17.0 Å². The molecule has 2 aliphatic heterocycles. The number of H-pyrrole nitrogens is 1. The normalized spacial score (nSPS) is 23.1. The van der Waals surface area contributed by atoms with Crippen molar-refractivity contribution >= 4 is 6.08 Å². The van der Waals surface area contributed by atoms with E-state index >= 15 is 0 Å². The largest absolute Gasteiger partial charge is 0.347 e. The molecule has 0 aliphatic carbocycles. The first-order valence-electron chi connectivity index (χ1n) is 9.75. The highest BCUT2D eigenvalue weighted by atomic mass is 16.1. The lowest BCUT2D eigenvalue weighted by atomic mass is 9.83. The Morgan fingerprint density at radius 2 is 2.00 bits per heavy atom. The van der Waals surface area contributed by atoms with Gasteiger partial charge in [-0.05, 0) is 43.9 Å². The van der Waals surface area contributed by atoms with Crippen LogP contribution in [0.5, 0.6) is 0 Å². The Labute approximate surface area is 162 Å². The predicted molar refractivity (Wildman–Crippen MR) is 107 cm³/mol. The molecule has 0 saturated carbocycles. The number of imidazole rings is 1. The van der Waals surface area contributed by atoms with Crippen molar-refractivity contribution < 1.29 is 0 Å². The number of nitrogens with one attached hydrogen (secondary N) is 2. The number of aromatic amines is 1. The van der Waals surface area contributed by atoms with Crippen LogP contribution in [0.3, 0.4) is 0 Å². The zero-order valence-electron chi connectivity index (χ0n) is 15.5. The van der Waals surface area contributed by atoms with E-state index in [-0.39, 0.29) is 5.43 Å². The summed E-state index contributed by atoms with van der Waals surface area (Å²) in [5.41, 5.74) is 3.27. The highest BCUT2D eigenvalue weighted by Gasteiger charge is 2.27. The van der Waals surface area contributed by atoms with Crippen molar-refractivity contribution in [2.24, 2.45) is 0 Å². The first kappa shape index (κ1) is 17.1. The van der Waals surface area contributed by atoms with Gasteiger partial charge in [0.2, 0.25) is 0 Å². The van der Waals surface area contributed by atoms with Crippen molar-refractivity contribution in [3.8, 4) is 17.1 Å². The van der Waals surface area contributed by atoms with E-state index in [0.29, 0.717) is 29.2 Å². The molecule has 0 spiro atoms. The van der Waals surface area contributed by atoms with Gasteiger partial charge in [-0.2, -0.15) is 5.10 Å². The lowest BCUT2D eigenvalue weighted by Gasteiger charge is -2.37. The van der Waals surface area contributed by atoms with Gasteiger partial charge in [-0.3, -0.25) is 9.36 Å². The van der Waals surface area contributed by atoms with Gasteiger partial charge in [0.25, 0.3) is 0 Å². The zero-order chi connectivity index (χ0) is 18.9. The van der Waals surface area contributed by atoms with Gasteiger partial charge < -0.3 is 10.3 Å². The second kappa shape index (κ2) is 7.16. The SMILES string of the molecule is O=c1cc(-n2ccnc2)[nH]cc1-c1ccc(C=C2C[C@H]3CCC[C@@H](C2)N3)nn1. The molecular weight excluding hydrogens is 352 g/mol. The van der Waals surface area contributed by atoms with Crippen molar-refractivity contribution in [1.82, 2.24) is 30.0 Å². The molecule has 28 heavy (non-hydrogen) atoms. The number of pyridine rings is 1. The molecule has 2 fully saturated rings. The predicted octanol–water partition coefficient (Wildman–Crippen LogP) is 2.71. The molecule has 5 rings (SSSR count). The van der Waals surface area contributed by atoms with E-state index in [4.69, 9.17) is 0 Å². The highest BCUT2D eigenvalue weighted by Crippen LogP contribution is 2.30. The molecule has 3 aromatic rings. The van der Waals surface area contributed by atoms with Crippen LogP contribution in [0.1, 0.15) is 37.8 Å². The summed E-state index contributed by atoms with van der Waals surface area (Å²) in [6.45, 7) is 0. The maximum atomic E-state index is 12.5. The summed E-state index contributed by atoms with van der Waals surface area (Å²) in [6, 6.07) is 6.57. The zero-order valence-corrected chi connectivity index (χ0v) is 15.5. The van der Waals surface area contributed by atoms with Gasteiger partial charge in [0, 0.05) is 36.7 Å². The standard InChI is InChI=1S/C21H22N6O/c28-20-11-21(27-7-6-22-13-27)23-12-18(20)19-5-4-17(25-26-19)10-14-8-15-2-1-3-16(9-14)24-15/h4-7,10-13,15-16,24H,1-3,8-9H2,(H,23,28)/t15-,16+. The number of hydrogen-bond donors (Lipinski definition) is 2. The fourth-order valence-corrected chi connectivity index (χ4v) is 4.25. The second-order valence-electron chi connectivity index (χ2n) is 7.61. The molecule has 0 amide bonds. The van der Waals surface area contributed by atoms with E-state index in [2.05, 4.69) is 31.6 Å². The molecule has 7 heteroatoms. The van der Waals surface area contributed by atoms with Crippen LogP contribution in [0.15, 0.2) is 53.5 Å². The van der Waals surface area contributed by atoms with Crippen molar-refractivity contribution in [3.05, 3.63) is 64.6 Å². The molecule has 142 valence electrons. The first-order valence-corrected chi connectivity index (χ1v) is 9.75. The lowest BCUT2D eigenvalue weighted by Crippen LogP contribution is -2.46. The molecule has 2 atom stereocenters. The smallest absolute Gasteiger partial charge is 0.193 e. The number of rotatable bonds is 3. The Morgan fingerprint density at radius 1 is 1.14 bits per heavy atom. The van der Waals surface area contributed by atoms with Gasteiger partial charge in [-0.1, -0.05) is 12.0 Å². The number of nitrogens with zero attached hydrogens (tertiary/aromatic N) is 4. The quantitative estimate of drug-likeness (QED) is 0.736. The van der Waals surface area contributed by atoms with Crippen molar-refractivity contribution in [1.29, 1.82) is 0 Å². The maximum Gasteiger partial charge on any atom is 0.193 e. The van der Waals surface area contributed by atoms with Crippen molar-refractivity contribution in [2.45, 2.75) is 44.2 Å². The molecule has 2 N–H and O–H groups in total. The first-order chi connectivity index (χ1) is 13.7. The Morgan fingerprint density at radius 3 is 2.68 bits per heavy atom. The number of fused-ring (bicyclic) bond motifs is 2. The van der Waals surface area contributed by atoms with Gasteiger partial charge in [0.1, 0.15) is 12.1 Å². The molecule has 2 aliphatic rings. The van der Waals surface area contributed by atoms with Crippen molar-refractivity contribution in [2.75, 3.05) is 0 Å². The van der Waals surface area contributed by atoms with Gasteiger partial charge in [-0.15, -0.1) is 5.10 Å². The van der Waals surface area contributed by atoms with Crippen LogP contribution in [0.2, 0.25) is 0 Å². The topological polar surface area (TPSA) is 88.5 Å². The number of hydrogen-bond acceptors (Lipinski definition) is 5. The van der Waals surface area contributed by atoms with Crippen LogP contribution in [0.4, 0.5) is 0 Å². The molecule has 2 saturated heterocycles. The minimum Gasteiger partial charge on any atom is -0.347 e. The molecule has 5 heterocycles. The van der Waals surface area contributed by atoms with Crippen LogP contribution < -0.4 is 10.7 Å². The van der Waals surface area contributed by atoms with E-state index in [1.807, 2.05) is 12.1 Å². The summed E-state index contributed by atoms with van der Waals surface area (Å²) >= 11 is 0. The van der Waals surface area contributed by atoms with E-state index < -0.39 is 0 Å². The third-order valence-corrected chi connectivity index (χ3v) is 5.59. The van der Waals surface area contributed by atoms with E-state index in [1.165, 1.54) is 24.8 Å². The van der Waals surface area contributed by atoms with Crippen LogP contribution in [0, 0.1) is 0 Å². The van der Waals surface area contributed by atoms with E-state index in [1.54, 1.807) is 35.6 Å². The van der Waals surface area contributed by atoms with Crippen LogP contribution in [0.25, 0.3) is 23.2 Å². The Hall–Kier alpha value is -3.06.